The zero-order valence-electron chi connectivity index (χ0n) is 11.0. The van der Waals surface area contributed by atoms with Crippen LogP contribution in [0.5, 0.6) is 11.6 Å². The Kier molecular flexibility index (Phi) is 4.30. The molecule has 2 heterocycles. The van der Waals surface area contributed by atoms with Gasteiger partial charge in [0.25, 0.3) is 0 Å². The molecule has 0 spiro atoms. The van der Waals surface area contributed by atoms with Gasteiger partial charge >= 0.3 is 0 Å². The minimum atomic E-state index is 0.242. The van der Waals surface area contributed by atoms with E-state index in [4.69, 9.17) is 14.7 Å². The molecule has 0 unspecified atom stereocenters. The molecule has 0 bridgehead atoms. The largest absolute Gasteiger partial charge is 0.487 e. The van der Waals surface area contributed by atoms with Crippen molar-refractivity contribution in [2.75, 3.05) is 7.11 Å². The van der Waals surface area contributed by atoms with Crippen LogP contribution in [0.2, 0.25) is 0 Å². The van der Waals surface area contributed by atoms with E-state index in [-0.39, 0.29) is 6.61 Å². The fraction of sp³-hybridized carbons (Fsp3) is 0.133. The Morgan fingerprint density at radius 1 is 1.45 bits per heavy atom. The first-order valence-electron chi connectivity index (χ1n) is 5.91. The van der Waals surface area contributed by atoms with Gasteiger partial charge in [0.05, 0.1) is 13.3 Å². The van der Waals surface area contributed by atoms with Gasteiger partial charge in [-0.25, -0.2) is 9.97 Å². The van der Waals surface area contributed by atoms with Gasteiger partial charge in [-0.1, -0.05) is 18.7 Å². The van der Waals surface area contributed by atoms with Crippen LogP contribution in [-0.4, -0.2) is 17.1 Å². The van der Waals surface area contributed by atoms with Gasteiger partial charge in [-0.2, -0.15) is 5.26 Å². The Balaban J connectivity index is 2.19. The van der Waals surface area contributed by atoms with Gasteiger partial charge in [-0.15, -0.1) is 0 Å². The number of nitrogens with zero attached hydrogens (tertiary/aromatic N) is 3. The predicted octanol–water partition coefficient (Wildman–Crippen LogP) is 2.58. The SMILES string of the molecule is C=Cc1cc(OC)ncc1OCc1cccnc1C#N. The highest BCUT2D eigenvalue weighted by Crippen LogP contribution is 2.23. The lowest BCUT2D eigenvalue weighted by molar-refractivity contribution is 0.301. The van der Waals surface area contributed by atoms with Crippen molar-refractivity contribution < 1.29 is 9.47 Å². The van der Waals surface area contributed by atoms with E-state index < -0.39 is 0 Å². The molecule has 2 aromatic rings. The van der Waals surface area contributed by atoms with Crippen LogP contribution >= 0.6 is 0 Å². The first-order chi connectivity index (χ1) is 9.78. The smallest absolute Gasteiger partial charge is 0.213 e. The highest BCUT2D eigenvalue weighted by molar-refractivity contribution is 5.56. The van der Waals surface area contributed by atoms with Crippen molar-refractivity contribution in [1.29, 1.82) is 5.26 Å². The molecule has 5 heteroatoms. The number of ether oxygens (including phenoxy) is 2. The minimum Gasteiger partial charge on any atom is -0.487 e. The molecule has 0 N–H and O–H groups in total. The quantitative estimate of drug-likeness (QED) is 0.832. The van der Waals surface area contributed by atoms with Crippen LogP contribution in [-0.2, 0) is 6.61 Å². The topological polar surface area (TPSA) is 68.0 Å². The number of aromatic nitrogens is 2. The van der Waals surface area contributed by atoms with Crippen LogP contribution in [0.4, 0.5) is 0 Å². The molecule has 2 aromatic heterocycles. The van der Waals surface area contributed by atoms with E-state index in [0.717, 1.165) is 11.1 Å². The number of methoxy groups -OCH3 is 1. The highest BCUT2D eigenvalue weighted by Gasteiger charge is 2.07. The van der Waals surface area contributed by atoms with Crippen molar-refractivity contribution in [1.82, 2.24) is 9.97 Å². The van der Waals surface area contributed by atoms with Crippen molar-refractivity contribution in [2.24, 2.45) is 0 Å². The van der Waals surface area contributed by atoms with Crippen molar-refractivity contribution in [3.05, 3.63) is 54.0 Å². The number of rotatable bonds is 5. The van der Waals surface area contributed by atoms with Gasteiger partial charge in [-0.05, 0) is 6.07 Å². The average molecular weight is 267 g/mol. The lowest BCUT2D eigenvalue weighted by Gasteiger charge is -2.10. The summed E-state index contributed by atoms with van der Waals surface area (Å²) in [5.41, 5.74) is 1.86. The second-order valence-electron chi connectivity index (χ2n) is 3.88. The summed E-state index contributed by atoms with van der Waals surface area (Å²) in [5.74, 6) is 1.07. The third-order valence-electron chi connectivity index (χ3n) is 2.68. The van der Waals surface area contributed by atoms with Crippen LogP contribution < -0.4 is 9.47 Å². The third-order valence-corrected chi connectivity index (χ3v) is 2.68. The normalized spacial score (nSPS) is 9.60. The first kappa shape index (κ1) is 13.6. The molecule has 0 saturated heterocycles. The van der Waals surface area contributed by atoms with E-state index in [1.807, 2.05) is 6.07 Å². The molecular weight excluding hydrogens is 254 g/mol. The van der Waals surface area contributed by atoms with Crippen molar-refractivity contribution in [3.8, 4) is 17.7 Å². The number of hydrogen-bond acceptors (Lipinski definition) is 5. The zero-order chi connectivity index (χ0) is 14.4. The minimum absolute atomic E-state index is 0.242. The van der Waals surface area contributed by atoms with Crippen LogP contribution in [0, 0.1) is 11.3 Å². The summed E-state index contributed by atoms with van der Waals surface area (Å²) in [5, 5.41) is 8.97. The van der Waals surface area contributed by atoms with Gasteiger partial charge in [0.15, 0.2) is 0 Å². The summed E-state index contributed by atoms with van der Waals surface area (Å²) in [7, 11) is 1.55. The summed E-state index contributed by atoms with van der Waals surface area (Å²) in [6.07, 6.45) is 4.80. The summed E-state index contributed by atoms with van der Waals surface area (Å²) in [4.78, 5) is 8.07. The Bertz CT molecular complexity index is 662. The van der Waals surface area contributed by atoms with Crippen LogP contribution in [0.3, 0.4) is 0 Å². The fourth-order valence-electron chi connectivity index (χ4n) is 1.64. The molecule has 0 aliphatic rings. The summed E-state index contributed by atoms with van der Waals surface area (Å²) >= 11 is 0. The second-order valence-corrected chi connectivity index (χ2v) is 3.88. The van der Waals surface area contributed by atoms with E-state index in [1.54, 1.807) is 43.8 Å². The number of nitriles is 1. The molecule has 0 atom stereocenters. The molecule has 0 aliphatic carbocycles. The summed E-state index contributed by atoms with van der Waals surface area (Å²) in [6.45, 7) is 3.97. The average Bonchev–Trinajstić information content (AvgIpc) is 2.52. The summed E-state index contributed by atoms with van der Waals surface area (Å²) in [6, 6.07) is 7.33. The molecule has 0 radical (unpaired) electrons. The first-order valence-corrected chi connectivity index (χ1v) is 5.91. The van der Waals surface area contributed by atoms with Gasteiger partial charge < -0.3 is 9.47 Å². The third kappa shape index (κ3) is 2.93. The summed E-state index contributed by atoms with van der Waals surface area (Å²) < 4.78 is 10.7. The monoisotopic (exact) mass is 267 g/mol. The number of hydrogen-bond donors (Lipinski definition) is 0. The Morgan fingerprint density at radius 2 is 2.30 bits per heavy atom. The molecule has 0 saturated carbocycles. The van der Waals surface area contributed by atoms with Crippen LogP contribution in [0.25, 0.3) is 6.08 Å². The maximum Gasteiger partial charge on any atom is 0.213 e. The molecule has 2 rings (SSSR count). The predicted molar refractivity (Wildman–Crippen MR) is 74.2 cm³/mol. The van der Waals surface area contributed by atoms with E-state index in [0.29, 0.717) is 17.3 Å². The Hall–Kier alpha value is -2.87. The van der Waals surface area contributed by atoms with Crippen molar-refractivity contribution >= 4 is 6.08 Å². The second kappa shape index (κ2) is 6.34. The van der Waals surface area contributed by atoms with Gasteiger partial charge in [0.2, 0.25) is 5.88 Å². The molecule has 0 aromatic carbocycles. The fourth-order valence-corrected chi connectivity index (χ4v) is 1.64. The molecule has 100 valence electrons. The molecule has 5 nitrogen and oxygen atoms in total. The van der Waals surface area contributed by atoms with Gasteiger partial charge in [0.1, 0.15) is 24.1 Å². The molecule has 20 heavy (non-hydrogen) atoms. The molecule has 0 amide bonds. The molecule has 0 fully saturated rings. The van der Waals surface area contributed by atoms with Crippen LogP contribution in [0.15, 0.2) is 37.2 Å². The number of pyridine rings is 2. The van der Waals surface area contributed by atoms with Crippen molar-refractivity contribution in [2.45, 2.75) is 6.61 Å². The lowest BCUT2D eigenvalue weighted by atomic mass is 10.2. The Labute approximate surface area is 117 Å². The zero-order valence-corrected chi connectivity index (χ0v) is 11.0. The standard InChI is InChI=1S/C15H13N3O2/c1-3-11-7-15(19-2)18-9-14(11)20-10-12-5-4-6-17-13(12)8-16/h3-7,9H,1,10H2,2H3. The molecular formula is C15H13N3O2. The van der Waals surface area contributed by atoms with Gasteiger partial charge in [0, 0.05) is 23.4 Å². The Morgan fingerprint density at radius 3 is 3.00 bits per heavy atom. The van der Waals surface area contributed by atoms with Crippen LogP contribution in [0.1, 0.15) is 16.8 Å². The maximum atomic E-state index is 8.97. The lowest BCUT2D eigenvalue weighted by Crippen LogP contribution is -2.01. The van der Waals surface area contributed by atoms with E-state index in [9.17, 15) is 0 Å². The van der Waals surface area contributed by atoms with E-state index >= 15 is 0 Å². The maximum absolute atomic E-state index is 8.97. The van der Waals surface area contributed by atoms with Gasteiger partial charge in [-0.3, -0.25) is 0 Å². The van der Waals surface area contributed by atoms with E-state index in [2.05, 4.69) is 16.5 Å². The van der Waals surface area contributed by atoms with E-state index in [1.165, 1.54) is 0 Å². The van der Waals surface area contributed by atoms with Crippen molar-refractivity contribution in [3.63, 3.8) is 0 Å². The highest BCUT2D eigenvalue weighted by atomic mass is 16.5. The molecule has 0 aliphatic heterocycles.